The van der Waals surface area contributed by atoms with Crippen molar-refractivity contribution in [1.82, 2.24) is 4.98 Å². The Morgan fingerprint density at radius 2 is 2.38 bits per heavy atom. The molecule has 1 aromatic heterocycles. The topological polar surface area (TPSA) is 71.2 Å². The van der Waals surface area contributed by atoms with Crippen molar-refractivity contribution in [3.63, 3.8) is 0 Å². The second-order valence-electron chi connectivity index (χ2n) is 3.17. The van der Waals surface area contributed by atoms with Gasteiger partial charge in [-0.1, -0.05) is 0 Å². The molecular weight excluding hydrogens is 186 g/mol. The van der Waals surface area contributed by atoms with Crippen LogP contribution in [0.3, 0.4) is 0 Å². The van der Waals surface area contributed by atoms with E-state index in [1.807, 2.05) is 19.2 Å². The molecule has 1 rings (SSSR count). The highest BCUT2D eigenvalue weighted by Crippen LogP contribution is 2.19. The molecule has 0 saturated carbocycles. The zero-order valence-corrected chi connectivity index (χ0v) is 8.64. The summed E-state index contributed by atoms with van der Waals surface area (Å²) in [5.74, 6) is 0. The van der Waals surface area contributed by atoms with E-state index >= 15 is 0 Å². The SMILES string of the molecule is CC(C)Nc1nc(C(N)CO)cs1. The van der Waals surface area contributed by atoms with Gasteiger partial charge in [-0.2, -0.15) is 0 Å². The van der Waals surface area contributed by atoms with Gasteiger partial charge < -0.3 is 16.2 Å². The van der Waals surface area contributed by atoms with Crippen molar-refractivity contribution in [1.29, 1.82) is 0 Å². The average molecular weight is 201 g/mol. The van der Waals surface area contributed by atoms with Gasteiger partial charge >= 0.3 is 0 Å². The van der Waals surface area contributed by atoms with Crippen molar-refractivity contribution in [2.24, 2.45) is 5.73 Å². The molecule has 0 aliphatic heterocycles. The highest BCUT2D eigenvalue weighted by Gasteiger charge is 2.09. The lowest BCUT2D eigenvalue weighted by Crippen LogP contribution is -2.15. The summed E-state index contributed by atoms with van der Waals surface area (Å²) in [6.45, 7) is 4.03. The third-order valence-corrected chi connectivity index (χ3v) is 2.30. The number of hydrogen-bond acceptors (Lipinski definition) is 5. The third kappa shape index (κ3) is 2.95. The highest BCUT2D eigenvalue weighted by molar-refractivity contribution is 7.13. The van der Waals surface area contributed by atoms with Crippen molar-refractivity contribution in [2.75, 3.05) is 11.9 Å². The van der Waals surface area contributed by atoms with Crippen molar-refractivity contribution in [3.05, 3.63) is 11.1 Å². The number of nitrogens with two attached hydrogens (primary N) is 1. The van der Waals surface area contributed by atoms with Crippen LogP contribution in [0.4, 0.5) is 5.13 Å². The van der Waals surface area contributed by atoms with Gasteiger partial charge in [0.25, 0.3) is 0 Å². The van der Waals surface area contributed by atoms with Crippen molar-refractivity contribution in [3.8, 4) is 0 Å². The van der Waals surface area contributed by atoms with Gasteiger partial charge in [0, 0.05) is 11.4 Å². The lowest BCUT2D eigenvalue weighted by Gasteiger charge is -2.05. The van der Waals surface area contributed by atoms with Crippen LogP contribution in [-0.4, -0.2) is 22.7 Å². The Morgan fingerprint density at radius 3 is 2.92 bits per heavy atom. The molecule has 0 radical (unpaired) electrons. The first-order valence-corrected chi connectivity index (χ1v) is 5.10. The van der Waals surface area contributed by atoms with E-state index in [9.17, 15) is 0 Å². The third-order valence-electron chi connectivity index (χ3n) is 1.51. The molecule has 74 valence electrons. The van der Waals surface area contributed by atoms with E-state index in [0.717, 1.165) is 10.8 Å². The van der Waals surface area contributed by atoms with Crippen LogP contribution in [0.15, 0.2) is 5.38 Å². The monoisotopic (exact) mass is 201 g/mol. The molecule has 0 aliphatic rings. The number of nitrogens with zero attached hydrogens (tertiary/aromatic N) is 1. The number of anilines is 1. The van der Waals surface area contributed by atoms with Crippen molar-refractivity contribution < 1.29 is 5.11 Å². The number of aliphatic hydroxyl groups excluding tert-OH is 1. The van der Waals surface area contributed by atoms with Crippen LogP contribution in [0, 0.1) is 0 Å². The first-order valence-electron chi connectivity index (χ1n) is 4.22. The van der Waals surface area contributed by atoms with E-state index in [0.29, 0.717) is 6.04 Å². The molecule has 1 unspecified atom stereocenters. The van der Waals surface area contributed by atoms with E-state index in [-0.39, 0.29) is 12.6 Å². The largest absolute Gasteiger partial charge is 0.394 e. The summed E-state index contributed by atoms with van der Waals surface area (Å²) in [6, 6.07) is 0.00307. The molecular formula is C8H15N3OS. The molecule has 0 amide bonds. The second-order valence-corrected chi connectivity index (χ2v) is 4.02. The van der Waals surface area contributed by atoms with E-state index in [1.165, 1.54) is 11.3 Å². The minimum Gasteiger partial charge on any atom is -0.394 e. The maximum absolute atomic E-state index is 8.80. The van der Waals surface area contributed by atoms with Gasteiger partial charge in [-0.05, 0) is 13.8 Å². The number of aliphatic hydroxyl groups is 1. The summed E-state index contributed by atoms with van der Waals surface area (Å²) >= 11 is 1.51. The van der Waals surface area contributed by atoms with Crippen LogP contribution in [0.25, 0.3) is 0 Å². The Balaban J connectivity index is 2.63. The maximum atomic E-state index is 8.80. The van der Waals surface area contributed by atoms with Gasteiger partial charge in [0.15, 0.2) is 5.13 Å². The number of aromatic nitrogens is 1. The lowest BCUT2D eigenvalue weighted by atomic mass is 10.3. The van der Waals surface area contributed by atoms with E-state index in [2.05, 4.69) is 10.3 Å². The average Bonchev–Trinajstić information content (AvgIpc) is 2.50. The lowest BCUT2D eigenvalue weighted by molar-refractivity contribution is 0.266. The molecule has 0 spiro atoms. The van der Waals surface area contributed by atoms with E-state index < -0.39 is 0 Å². The Kier molecular flexibility index (Phi) is 3.65. The summed E-state index contributed by atoms with van der Waals surface area (Å²) in [7, 11) is 0. The molecule has 13 heavy (non-hydrogen) atoms. The van der Waals surface area contributed by atoms with Crippen LogP contribution in [0.5, 0.6) is 0 Å². The second kappa shape index (κ2) is 4.55. The van der Waals surface area contributed by atoms with Crippen LogP contribution < -0.4 is 11.1 Å². The maximum Gasteiger partial charge on any atom is 0.183 e. The van der Waals surface area contributed by atoms with Gasteiger partial charge in [-0.25, -0.2) is 4.98 Å². The van der Waals surface area contributed by atoms with Gasteiger partial charge in [0.05, 0.1) is 18.3 Å². The van der Waals surface area contributed by atoms with Crippen LogP contribution >= 0.6 is 11.3 Å². The Morgan fingerprint density at radius 1 is 1.69 bits per heavy atom. The fourth-order valence-electron chi connectivity index (χ4n) is 0.863. The van der Waals surface area contributed by atoms with Gasteiger partial charge in [0.2, 0.25) is 0 Å². The van der Waals surface area contributed by atoms with E-state index in [4.69, 9.17) is 10.8 Å². The molecule has 1 atom stereocenters. The summed E-state index contributed by atoms with van der Waals surface area (Å²) in [4.78, 5) is 4.24. The van der Waals surface area contributed by atoms with Crippen molar-refractivity contribution >= 4 is 16.5 Å². The van der Waals surface area contributed by atoms with Crippen LogP contribution in [-0.2, 0) is 0 Å². The summed E-state index contributed by atoms with van der Waals surface area (Å²) in [5, 5.41) is 14.7. The number of nitrogens with one attached hydrogen (secondary N) is 1. The zero-order valence-electron chi connectivity index (χ0n) is 7.82. The smallest absolute Gasteiger partial charge is 0.183 e. The summed E-state index contributed by atoms with van der Waals surface area (Å²) in [5.41, 5.74) is 6.35. The Labute approximate surface area is 81.8 Å². The highest BCUT2D eigenvalue weighted by atomic mass is 32.1. The van der Waals surface area contributed by atoms with Crippen LogP contribution in [0.1, 0.15) is 25.6 Å². The predicted molar refractivity (Wildman–Crippen MR) is 54.9 cm³/mol. The van der Waals surface area contributed by atoms with Gasteiger partial charge in [-0.3, -0.25) is 0 Å². The van der Waals surface area contributed by atoms with Crippen LogP contribution in [0.2, 0.25) is 0 Å². The molecule has 5 heteroatoms. The molecule has 1 aromatic rings. The molecule has 0 aliphatic carbocycles. The number of hydrogen-bond donors (Lipinski definition) is 3. The first kappa shape index (κ1) is 10.4. The first-order chi connectivity index (χ1) is 6.13. The molecule has 0 fully saturated rings. The molecule has 0 bridgehead atoms. The Bertz CT molecular complexity index is 262. The normalized spacial score (nSPS) is 13.3. The Hall–Kier alpha value is -0.650. The molecule has 0 aromatic carbocycles. The molecule has 4 nitrogen and oxygen atoms in total. The van der Waals surface area contributed by atoms with Gasteiger partial charge in [-0.15, -0.1) is 11.3 Å². The molecule has 1 heterocycles. The minimum absolute atomic E-state index is 0.0646. The fraction of sp³-hybridized carbons (Fsp3) is 0.625. The standard InChI is InChI=1S/C8H15N3OS/c1-5(2)10-8-11-7(4-13-8)6(9)3-12/h4-6,12H,3,9H2,1-2H3,(H,10,11). The van der Waals surface area contributed by atoms with E-state index in [1.54, 1.807) is 0 Å². The molecule has 0 saturated heterocycles. The zero-order chi connectivity index (χ0) is 9.84. The fourth-order valence-corrected chi connectivity index (χ4v) is 1.78. The predicted octanol–water partition coefficient (Wildman–Crippen LogP) is 0.956. The number of rotatable bonds is 4. The summed E-state index contributed by atoms with van der Waals surface area (Å²) < 4.78 is 0. The quantitative estimate of drug-likeness (QED) is 0.678. The minimum atomic E-state index is -0.362. The number of thiazole rings is 1. The summed E-state index contributed by atoms with van der Waals surface area (Å²) in [6.07, 6.45) is 0. The van der Waals surface area contributed by atoms with Crippen molar-refractivity contribution in [2.45, 2.75) is 25.9 Å². The van der Waals surface area contributed by atoms with Gasteiger partial charge in [0.1, 0.15) is 0 Å². The molecule has 4 N–H and O–H groups in total.